The lowest BCUT2D eigenvalue weighted by Gasteiger charge is -2.19. The Morgan fingerprint density at radius 2 is 1.84 bits per heavy atom. The minimum absolute atomic E-state index is 0.125. The van der Waals surface area contributed by atoms with Crippen molar-refractivity contribution in [3.63, 3.8) is 0 Å². The van der Waals surface area contributed by atoms with Crippen LogP contribution in [0.5, 0.6) is 11.5 Å². The topological polar surface area (TPSA) is 63.7 Å². The summed E-state index contributed by atoms with van der Waals surface area (Å²) in [5.41, 5.74) is 3.21. The summed E-state index contributed by atoms with van der Waals surface area (Å²) >= 11 is 0. The molecule has 0 aliphatic rings. The zero-order chi connectivity index (χ0) is 22.2. The maximum atomic E-state index is 12.9. The number of carbonyl (C=O) groups excluding carboxylic acids is 1. The van der Waals surface area contributed by atoms with E-state index in [0.29, 0.717) is 30.2 Å². The SMILES string of the molecule is CCN(CC)CCOc1ccc(CNC(=O)c2cc(C)nc3ccccc23)cc1OC. The average Bonchev–Trinajstić information content (AvgIpc) is 2.80. The number of hydrogen-bond donors (Lipinski definition) is 1. The Balaban J connectivity index is 1.66. The predicted molar refractivity (Wildman–Crippen MR) is 124 cm³/mol. The van der Waals surface area contributed by atoms with Crippen LogP contribution in [0.1, 0.15) is 35.5 Å². The van der Waals surface area contributed by atoms with Gasteiger partial charge in [0.15, 0.2) is 11.5 Å². The molecule has 3 rings (SSSR count). The number of nitrogens with zero attached hydrogens (tertiary/aromatic N) is 2. The number of aromatic nitrogens is 1. The summed E-state index contributed by atoms with van der Waals surface area (Å²) < 4.78 is 11.4. The second-order valence-corrected chi connectivity index (χ2v) is 7.37. The van der Waals surface area contributed by atoms with Gasteiger partial charge in [-0.2, -0.15) is 0 Å². The van der Waals surface area contributed by atoms with E-state index in [0.717, 1.165) is 41.8 Å². The normalized spacial score (nSPS) is 11.0. The molecule has 164 valence electrons. The minimum Gasteiger partial charge on any atom is -0.493 e. The van der Waals surface area contributed by atoms with Crippen molar-refractivity contribution in [3.8, 4) is 11.5 Å². The highest BCUT2D eigenvalue weighted by atomic mass is 16.5. The largest absolute Gasteiger partial charge is 0.493 e. The van der Waals surface area contributed by atoms with Crippen LogP contribution in [0.25, 0.3) is 10.9 Å². The molecule has 0 spiro atoms. The van der Waals surface area contributed by atoms with Crippen LogP contribution in [-0.4, -0.2) is 49.1 Å². The first-order valence-electron chi connectivity index (χ1n) is 10.7. The van der Waals surface area contributed by atoms with Crippen LogP contribution in [0.4, 0.5) is 0 Å². The summed E-state index contributed by atoms with van der Waals surface area (Å²) in [5, 5.41) is 3.86. The van der Waals surface area contributed by atoms with Crippen molar-refractivity contribution >= 4 is 16.8 Å². The van der Waals surface area contributed by atoms with Crippen molar-refractivity contribution in [2.45, 2.75) is 27.3 Å². The van der Waals surface area contributed by atoms with Gasteiger partial charge in [0, 0.05) is 24.2 Å². The molecule has 0 atom stereocenters. The summed E-state index contributed by atoms with van der Waals surface area (Å²) in [6.07, 6.45) is 0. The molecule has 6 nitrogen and oxygen atoms in total. The molecule has 0 saturated carbocycles. The Morgan fingerprint density at radius 3 is 2.58 bits per heavy atom. The first-order chi connectivity index (χ1) is 15.0. The van der Waals surface area contributed by atoms with E-state index in [2.05, 4.69) is 29.0 Å². The van der Waals surface area contributed by atoms with E-state index in [4.69, 9.17) is 9.47 Å². The molecule has 1 N–H and O–H groups in total. The van der Waals surface area contributed by atoms with Crippen molar-refractivity contribution in [2.75, 3.05) is 33.4 Å². The molecule has 1 heterocycles. The van der Waals surface area contributed by atoms with Crippen LogP contribution >= 0.6 is 0 Å². The number of carbonyl (C=O) groups is 1. The highest BCUT2D eigenvalue weighted by Gasteiger charge is 2.13. The third-order valence-electron chi connectivity index (χ3n) is 5.33. The lowest BCUT2D eigenvalue weighted by Crippen LogP contribution is -2.28. The van der Waals surface area contributed by atoms with Crippen LogP contribution in [0.3, 0.4) is 0 Å². The van der Waals surface area contributed by atoms with Crippen LogP contribution in [0, 0.1) is 6.92 Å². The number of pyridine rings is 1. The van der Waals surface area contributed by atoms with E-state index in [1.54, 1.807) is 7.11 Å². The highest BCUT2D eigenvalue weighted by Crippen LogP contribution is 2.28. The number of fused-ring (bicyclic) bond motifs is 1. The molecule has 2 aromatic carbocycles. The second-order valence-electron chi connectivity index (χ2n) is 7.37. The molecular formula is C25H31N3O3. The number of aryl methyl sites for hydroxylation is 1. The van der Waals surface area contributed by atoms with Crippen molar-refractivity contribution < 1.29 is 14.3 Å². The molecule has 0 aliphatic heterocycles. The minimum atomic E-state index is -0.125. The van der Waals surface area contributed by atoms with E-state index >= 15 is 0 Å². The van der Waals surface area contributed by atoms with Crippen molar-refractivity contribution in [3.05, 3.63) is 65.4 Å². The fourth-order valence-corrected chi connectivity index (χ4v) is 3.54. The third kappa shape index (κ3) is 5.73. The lowest BCUT2D eigenvalue weighted by molar-refractivity contribution is 0.0952. The quantitative estimate of drug-likeness (QED) is 0.531. The Morgan fingerprint density at radius 1 is 1.06 bits per heavy atom. The molecule has 1 amide bonds. The Bertz CT molecular complexity index is 1030. The number of rotatable bonds is 10. The monoisotopic (exact) mass is 421 g/mol. The fraction of sp³-hybridized carbons (Fsp3) is 0.360. The molecule has 1 aromatic heterocycles. The van der Waals surface area contributed by atoms with E-state index in [1.165, 1.54) is 0 Å². The van der Waals surface area contributed by atoms with Crippen LogP contribution in [-0.2, 0) is 6.54 Å². The standard InChI is InChI=1S/C25H31N3O3/c1-5-28(6-2)13-14-31-23-12-11-19(16-24(23)30-4)17-26-25(29)21-15-18(3)27-22-10-8-7-9-20(21)22/h7-12,15-16H,5-6,13-14,17H2,1-4H3,(H,26,29). The molecule has 6 heteroatoms. The van der Waals surface area contributed by atoms with Crippen molar-refractivity contribution in [2.24, 2.45) is 0 Å². The van der Waals surface area contributed by atoms with E-state index in [-0.39, 0.29) is 5.91 Å². The molecule has 0 bridgehead atoms. The summed E-state index contributed by atoms with van der Waals surface area (Å²) in [6, 6.07) is 15.3. The number of para-hydroxylation sites is 1. The van der Waals surface area contributed by atoms with E-state index < -0.39 is 0 Å². The van der Waals surface area contributed by atoms with Gasteiger partial charge in [0.25, 0.3) is 5.91 Å². The Hall–Kier alpha value is -3.12. The number of amides is 1. The molecule has 0 fully saturated rings. The lowest BCUT2D eigenvalue weighted by atomic mass is 10.1. The van der Waals surface area contributed by atoms with E-state index in [1.807, 2.05) is 55.5 Å². The molecule has 0 aliphatic carbocycles. The van der Waals surface area contributed by atoms with Crippen molar-refractivity contribution in [1.82, 2.24) is 15.2 Å². The number of likely N-dealkylation sites (N-methyl/N-ethyl adjacent to an activating group) is 1. The Kier molecular flexibility index (Phi) is 7.84. The van der Waals surface area contributed by atoms with Gasteiger partial charge in [0.05, 0.1) is 18.2 Å². The molecule has 0 unspecified atom stereocenters. The zero-order valence-corrected chi connectivity index (χ0v) is 18.8. The van der Waals surface area contributed by atoms with Gasteiger partial charge in [0.2, 0.25) is 0 Å². The first-order valence-corrected chi connectivity index (χ1v) is 10.7. The van der Waals surface area contributed by atoms with Crippen LogP contribution in [0.2, 0.25) is 0 Å². The number of ether oxygens (including phenoxy) is 2. The first kappa shape index (κ1) is 22.6. The van der Waals surface area contributed by atoms with Crippen molar-refractivity contribution in [1.29, 1.82) is 0 Å². The molecule has 0 saturated heterocycles. The van der Waals surface area contributed by atoms with Crippen LogP contribution < -0.4 is 14.8 Å². The van der Waals surface area contributed by atoms with Gasteiger partial charge in [0.1, 0.15) is 6.61 Å². The van der Waals surface area contributed by atoms with Gasteiger partial charge in [-0.3, -0.25) is 9.78 Å². The van der Waals surface area contributed by atoms with E-state index in [9.17, 15) is 4.79 Å². The van der Waals surface area contributed by atoms with Gasteiger partial charge >= 0.3 is 0 Å². The van der Waals surface area contributed by atoms with Crippen LogP contribution in [0.15, 0.2) is 48.5 Å². The zero-order valence-electron chi connectivity index (χ0n) is 18.8. The highest BCUT2D eigenvalue weighted by molar-refractivity contribution is 6.06. The number of nitrogens with one attached hydrogen (secondary N) is 1. The molecular weight excluding hydrogens is 390 g/mol. The number of benzene rings is 2. The fourth-order valence-electron chi connectivity index (χ4n) is 3.54. The molecule has 31 heavy (non-hydrogen) atoms. The summed E-state index contributed by atoms with van der Waals surface area (Å²) in [4.78, 5) is 19.7. The van der Waals surface area contributed by atoms with Gasteiger partial charge in [-0.25, -0.2) is 0 Å². The maximum Gasteiger partial charge on any atom is 0.252 e. The molecule has 0 radical (unpaired) electrons. The van der Waals surface area contributed by atoms with Gasteiger partial charge in [-0.15, -0.1) is 0 Å². The summed E-state index contributed by atoms with van der Waals surface area (Å²) in [7, 11) is 1.63. The predicted octanol–water partition coefficient (Wildman–Crippen LogP) is 4.20. The molecule has 3 aromatic rings. The summed E-state index contributed by atoms with van der Waals surface area (Å²) in [6.45, 7) is 10.0. The Labute approximate surface area is 184 Å². The number of methoxy groups -OCH3 is 1. The van der Waals surface area contributed by atoms with Gasteiger partial charge < -0.3 is 19.7 Å². The smallest absolute Gasteiger partial charge is 0.252 e. The average molecular weight is 422 g/mol. The third-order valence-corrected chi connectivity index (χ3v) is 5.33. The van der Waals surface area contributed by atoms with Gasteiger partial charge in [-0.05, 0) is 49.8 Å². The second kappa shape index (κ2) is 10.8. The maximum absolute atomic E-state index is 12.9. The number of hydrogen-bond acceptors (Lipinski definition) is 5. The summed E-state index contributed by atoms with van der Waals surface area (Å²) in [5.74, 6) is 1.25. The van der Waals surface area contributed by atoms with Gasteiger partial charge in [-0.1, -0.05) is 38.1 Å².